The lowest BCUT2D eigenvalue weighted by atomic mass is 10.7. The number of aromatic nitrogens is 8. The quantitative estimate of drug-likeness (QED) is 0.189. The van der Waals surface area contributed by atoms with Gasteiger partial charge in [0.25, 0.3) is 0 Å². The standard InChI is InChI=1S/4C6H11N2.4FH/c4*1-3-8-5-4-7(2)6-8;;;;/h4*4-6H,3H2,1-2H3;4*1H/q4*+1;;;;/p-4. The lowest BCUT2D eigenvalue weighted by molar-refractivity contribution is -0.671. The SMILES string of the molecule is CCn1cc[n+](C)c1.CCn1cc[n+](C)c1.CCn1cc[n+](C)c1.CCn1cc[n+](C)c1.[F-].[F-].[F-].[F-]. The molecule has 8 nitrogen and oxygen atoms in total. The molecule has 0 radical (unpaired) electrons. The molecule has 0 aromatic carbocycles. The maximum atomic E-state index is 2.12. The number of aryl methyl sites for hydroxylation is 8. The molecular weight excluding hydrogens is 476 g/mol. The summed E-state index contributed by atoms with van der Waals surface area (Å²) in [5, 5.41) is 0. The van der Waals surface area contributed by atoms with Crippen molar-refractivity contribution in [3.63, 3.8) is 0 Å². The summed E-state index contributed by atoms with van der Waals surface area (Å²) in [6.45, 7) is 12.7. The van der Waals surface area contributed by atoms with Gasteiger partial charge in [-0.25, -0.2) is 36.5 Å². The van der Waals surface area contributed by atoms with Gasteiger partial charge in [0.15, 0.2) is 0 Å². The highest BCUT2D eigenvalue weighted by Gasteiger charge is 1.94. The Morgan fingerprint density at radius 2 is 0.556 bits per heavy atom. The smallest absolute Gasteiger partial charge is 0.243 e. The minimum atomic E-state index is 0. The van der Waals surface area contributed by atoms with E-state index in [1.165, 1.54) is 0 Å². The molecule has 0 aliphatic rings. The predicted molar refractivity (Wildman–Crippen MR) is 125 cm³/mol. The minimum absolute atomic E-state index is 0. The summed E-state index contributed by atoms with van der Waals surface area (Å²) in [7, 11) is 8.08. The number of imidazole rings is 4. The van der Waals surface area contributed by atoms with E-state index < -0.39 is 0 Å². The summed E-state index contributed by atoms with van der Waals surface area (Å²) in [6, 6.07) is 0. The molecule has 36 heavy (non-hydrogen) atoms. The molecule has 0 bridgehead atoms. The number of halogens is 4. The van der Waals surface area contributed by atoms with Crippen molar-refractivity contribution in [2.75, 3.05) is 0 Å². The third-order valence-corrected chi connectivity index (χ3v) is 4.76. The third kappa shape index (κ3) is 16.2. The summed E-state index contributed by atoms with van der Waals surface area (Å²) < 4.78 is 16.6. The molecule has 12 heteroatoms. The molecule has 0 N–H and O–H groups in total. The molecule has 208 valence electrons. The highest BCUT2D eigenvalue weighted by atomic mass is 19.0. The fourth-order valence-corrected chi connectivity index (χ4v) is 2.76. The van der Waals surface area contributed by atoms with Crippen LogP contribution in [0.15, 0.2) is 74.9 Å². The van der Waals surface area contributed by atoms with Crippen molar-refractivity contribution in [3.05, 3.63) is 74.9 Å². The van der Waals surface area contributed by atoms with Crippen LogP contribution in [0.2, 0.25) is 0 Å². The molecule has 0 spiro atoms. The summed E-state index contributed by atoms with van der Waals surface area (Å²) in [5.74, 6) is 0. The Hall–Kier alpha value is -3.44. The highest BCUT2D eigenvalue weighted by molar-refractivity contribution is 4.65. The van der Waals surface area contributed by atoms with E-state index in [4.69, 9.17) is 0 Å². The fraction of sp³-hybridized carbons (Fsp3) is 0.500. The van der Waals surface area contributed by atoms with E-state index in [1.54, 1.807) is 0 Å². The molecule has 0 atom stereocenters. The summed E-state index contributed by atoms with van der Waals surface area (Å²) in [5.41, 5.74) is 0. The zero-order valence-corrected chi connectivity index (χ0v) is 22.8. The van der Waals surface area contributed by atoms with Crippen molar-refractivity contribution < 1.29 is 37.1 Å². The average molecular weight is 521 g/mol. The summed E-state index contributed by atoms with van der Waals surface area (Å²) in [4.78, 5) is 0. The van der Waals surface area contributed by atoms with E-state index in [1.807, 2.05) is 71.2 Å². The van der Waals surface area contributed by atoms with Crippen LogP contribution in [0.1, 0.15) is 27.7 Å². The van der Waals surface area contributed by atoms with Crippen LogP contribution in [0.25, 0.3) is 0 Å². The van der Waals surface area contributed by atoms with E-state index in [0.29, 0.717) is 0 Å². The van der Waals surface area contributed by atoms with Crippen LogP contribution in [0.4, 0.5) is 0 Å². The summed E-state index contributed by atoms with van der Waals surface area (Å²) in [6.07, 6.45) is 24.6. The minimum Gasteiger partial charge on any atom is -1.00 e. The van der Waals surface area contributed by atoms with Crippen molar-refractivity contribution in [2.45, 2.75) is 53.9 Å². The molecule has 0 saturated carbocycles. The van der Waals surface area contributed by atoms with Crippen molar-refractivity contribution in [1.82, 2.24) is 18.3 Å². The Labute approximate surface area is 212 Å². The zero-order chi connectivity index (χ0) is 23.9. The predicted octanol–water partition coefficient (Wildman–Crippen LogP) is -10.7. The van der Waals surface area contributed by atoms with Crippen LogP contribution in [0.5, 0.6) is 0 Å². The average Bonchev–Trinajstić information content (AvgIpc) is 3.58. The largest absolute Gasteiger partial charge is 1.00 e. The molecule has 0 aliphatic heterocycles. The highest BCUT2D eigenvalue weighted by Crippen LogP contribution is 1.81. The Balaban J connectivity index is -0.000000183. The second-order valence-corrected chi connectivity index (χ2v) is 7.64. The molecule has 4 aromatic rings. The van der Waals surface area contributed by atoms with E-state index in [2.05, 4.69) is 96.1 Å². The van der Waals surface area contributed by atoms with Gasteiger partial charge in [0.2, 0.25) is 25.3 Å². The molecule has 0 fully saturated rings. The van der Waals surface area contributed by atoms with Gasteiger partial charge in [-0.1, -0.05) is 0 Å². The number of rotatable bonds is 4. The molecular formula is C24H44F4N8. The maximum absolute atomic E-state index is 2.12. The molecule has 4 aromatic heterocycles. The molecule has 4 rings (SSSR count). The molecule has 0 amide bonds. The second kappa shape index (κ2) is 22.1. The third-order valence-electron chi connectivity index (χ3n) is 4.76. The maximum Gasteiger partial charge on any atom is 0.243 e. The van der Waals surface area contributed by atoms with Gasteiger partial charge in [0, 0.05) is 0 Å². The first-order valence-corrected chi connectivity index (χ1v) is 11.3. The first-order valence-electron chi connectivity index (χ1n) is 11.3. The van der Waals surface area contributed by atoms with E-state index in [-0.39, 0.29) is 18.8 Å². The van der Waals surface area contributed by atoms with Crippen LogP contribution in [-0.2, 0) is 54.4 Å². The Bertz CT molecular complexity index is 846. The second-order valence-electron chi connectivity index (χ2n) is 7.64. The first-order chi connectivity index (χ1) is 15.3. The van der Waals surface area contributed by atoms with Crippen LogP contribution in [0.3, 0.4) is 0 Å². The van der Waals surface area contributed by atoms with E-state index >= 15 is 0 Å². The molecule has 4 heterocycles. The Kier molecular flexibility index (Phi) is 24.4. The topological polar surface area (TPSA) is 35.2 Å². The normalized spacial score (nSPS) is 8.67. The van der Waals surface area contributed by atoms with Gasteiger partial charge >= 0.3 is 0 Å². The van der Waals surface area contributed by atoms with Crippen molar-refractivity contribution in [2.24, 2.45) is 28.2 Å². The van der Waals surface area contributed by atoms with Gasteiger partial charge in [-0.3, -0.25) is 0 Å². The Morgan fingerprint density at radius 3 is 0.611 bits per heavy atom. The van der Waals surface area contributed by atoms with E-state index in [0.717, 1.165) is 26.2 Å². The van der Waals surface area contributed by atoms with Crippen molar-refractivity contribution >= 4 is 0 Å². The van der Waals surface area contributed by atoms with Crippen molar-refractivity contribution in [3.8, 4) is 0 Å². The van der Waals surface area contributed by atoms with Gasteiger partial charge in [-0.05, 0) is 27.7 Å². The van der Waals surface area contributed by atoms with Crippen LogP contribution in [-0.4, -0.2) is 18.3 Å². The van der Waals surface area contributed by atoms with Gasteiger partial charge in [0.05, 0.1) is 54.4 Å². The lowest BCUT2D eigenvalue weighted by Crippen LogP contribution is -3.00. The van der Waals surface area contributed by atoms with Crippen LogP contribution in [0, 0.1) is 0 Å². The van der Waals surface area contributed by atoms with Gasteiger partial charge < -0.3 is 18.8 Å². The number of hydrogen-bond donors (Lipinski definition) is 0. The number of hydrogen-bond acceptors (Lipinski definition) is 0. The van der Waals surface area contributed by atoms with Gasteiger partial charge in [-0.15, -0.1) is 0 Å². The van der Waals surface area contributed by atoms with Crippen molar-refractivity contribution in [1.29, 1.82) is 0 Å². The van der Waals surface area contributed by atoms with E-state index in [9.17, 15) is 0 Å². The lowest BCUT2D eigenvalue weighted by Gasteiger charge is -1.81. The summed E-state index contributed by atoms with van der Waals surface area (Å²) >= 11 is 0. The Morgan fingerprint density at radius 1 is 0.389 bits per heavy atom. The monoisotopic (exact) mass is 520 g/mol. The molecule has 0 unspecified atom stereocenters. The fourth-order valence-electron chi connectivity index (χ4n) is 2.76. The zero-order valence-electron chi connectivity index (χ0n) is 22.8. The van der Waals surface area contributed by atoms with Crippen LogP contribution < -0.4 is 37.1 Å². The van der Waals surface area contributed by atoms with Crippen LogP contribution >= 0.6 is 0 Å². The molecule has 0 aliphatic carbocycles. The molecule has 0 saturated heterocycles. The number of nitrogens with zero attached hydrogens (tertiary/aromatic N) is 8. The van der Waals surface area contributed by atoms with Gasteiger partial charge in [0.1, 0.15) is 49.6 Å². The first kappa shape index (κ1) is 39.8. The van der Waals surface area contributed by atoms with Gasteiger partial charge in [-0.2, -0.15) is 0 Å².